The molecular weight excluding hydrogens is 439 g/mol. The van der Waals surface area contributed by atoms with Crippen molar-refractivity contribution in [1.29, 1.82) is 0 Å². The normalized spacial score (nSPS) is 10.9. The van der Waals surface area contributed by atoms with Crippen molar-refractivity contribution < 1.29 is 6.52 Å². The van der Waals surface area contributed by atoms with Gasteiger partial charge < -0.3 is 0 Å². The first kappa shape index (κ1) is 20.0. The van der Waals surface area contributed by atoms with E-state index in [4.69, 9.17) is 0 Å². The summed E-state index contributed by atoms with van der Waals surface area (Å²) in [5.74, 6) is 0. The van der Waals surface area contributed by atoms with Gasteiger partial charge in [0.15, 0.2) is 0 Å². The van der Waals surface area contributed by atoms with Crippen molar-refractivity contribution in [2.24, 2.45) is 0 Å². The second-order valence-electron chi connectivity index (χ2n) is 7.58. The van der Waals surface area contributed by atoms with Crippen LogP contribution < -0.4 is 3.58 Å². The summed E-state index contributed by atoms with van der Waals surface area (Å²) in [6.07, 6.45) is 0. The molecule has 0 spiro atoms. The van der Waals surface area contributed by atoms with Crippen molar-refractivity contribution in [3.63, 3.8) is 0 Å². The second-order valence-corrected chi connectivity index (χ2v) is 10.7. The monoisotopic (exact) mass is 466 g/mol. The molecule has 0 bridgehead atoms. The van der Waals surface area contributed by atoms with E-state index in [9.17, 15) is 6.52 Å². The first-order valence-electron chi connectivity index (χ1n) is 9.23. The van der Waals surface area contributed by atoms with E-state index in [2.05, 4.69) is 65.8 Å². The van der Waals surface area contributed by atoms with Gasteiger partial charge in [0.1, 0.15) is 0 Å². The Labute approximate surface area is 169 Å². The zero-order valence-corrected chi connectivity index (χ0v) is 19.8. The van der Waals surface area contributed by atoms with E-state index in [-0.39, 0.29) is 0 Å². The summed E-state index contributed by atoms with van der Waals surface area (Å²) in [6.45, 7) is 12.5. The molecule has 0 aliphatic rings. The quantitative estimate of drug-likeness (QED) is 0.554. The number of hydrogen-bond acceptors (Lipinski definition) is 1. The Hall–Kier alpha value is -1.78. The summed E-state index contributed by atoms with van der Waals surface area (Å²) in [7, 11) is 0. The molecule has 0 atom stereocenters. The maximum absolute atomic E-state index is 12.6. The summed E-state index contributed by atoms with van der Waals surface area (Å²) < 4.78 is 23.7. The van der Waals surface area contributed by atoms with E-state index >= 15 is 0 Å². The first-order chi connectivity index (χ1) is 12.7. The fourth-order valence-electron chi connectivity index (χ4n) is 4.41. The van der Waals surface area contributed by atoms with E-state index in [1.54, 1.807) is 0 Å². The molecule has 3 rings (SSSR count). The van der Waals surface area contributed by atoms with Crippen LogP contribution in [0.4, 0.5) is 0 Å². The zero-order valence-electron chi connectivity index (χ0n) is 16.9. The van der Waals surface area contributed by atoms with Gasteiger partial charge >= 0.3 is 170 Å². The molecule has 0 radical (unpaired) electrons. The van der Waals surface area contributed by atoms with Crippen molar-refractivity contribution >= 4 is 23.7 Å². The Morgan fingerprint density at radius 2 is 1.00 bits per heavy atom. The Balaban J connectivity index is 2.39. The topological polar surface area (TPSA) is 37.3 Å². The van der Waals surface area contributed by atoms with E-state index in [0.29, 0.717) is 3.58 Å². The van der Waals surface area contributed by atoms with Gasteiger partial charge in [0.25, 0.3) is 0 Å². The molecule has 0 amide bonds. The Kier molecular flexibility index (Phi) is 5.68. The van der Waals surface area contributed by atoms with Gasteiger partial charge in [-0.3, -0.25) is 0 Å². The first-order valence-corrected chi connectivity index (χ1v) is 13.1. The Morgan fingerprint density at radius 3 is 1.30 bits per heavy atom. The molecular formula is C24H26O2Sn. The van der Waals surface area contributed by atoms with Gasteiger partial charge in [0, 0.05) is 0 Å². The van der Waals surface area contributed by atoms with Crippen molar-refractivity contribution in [2.45, 2.75) is 41.5 Å². The zero-order chi connectivity index (χ0) is 19.9. The van der Waals surface area contributed by atoms with Crippen molar-refractivity contribution in [2.75, 3.05) is 0 Å². The average molecular weight is 465 g/mol. The molecule has 0 aliphatic heterocycles. The molecule has 1 N–H and O–H groups in total. The van der Waals surface area contributed by atoms with E-state index in [0.717, 1.165) is 44.5 Å². The molecule has 0 heterocycles. The van der Waals surface area contributed by atoms with Crippen LogP contribution in [-0.2, 0) is 3.08 Å². The van der Waals surface area contributed by atoms with Crippen molar-refractivity contribution in [3.05, 3.63) is 75.8 Å². The van der Waals surface area contributed by atoms with Crippen LogP contribution in [0.15, 0.2) is 42.5 Å². The third-order valence-corrected chi connectivity index (χ3v) is 7.93. The minimum atomic E-state index is -3.93. The molecule has 27 heavy (non-hydrogen) atoms. The number of benzene rings is 3. The van der Waals surface area contributed by atoms with Gasteiger partial charge in [-0.1, -0.05) is 0 Å². The summed E-state index contributed by atoms with van der Waals surface area (Å²) in [6, 6.07) is 14.6. The van der Waals surface area contributed by atoms with Crippen LogP contribution in [0.2, 0.25) is 0 Å². The molecule has 138 valence electrons. The minimum absolute atomic E-state index is 0.657. The summed E-state index contributed by atoms with van der Waals surface area (Å²) in [5.41, 5.74) is 11.0. The fraction of sp³-hybridized carbons (Fsp3) is 0.250. The van der Waals surface area contributed by atoms with Crippen LogP contribution in [-0.4, -0.2) is 23.6 Å². The molecule has 3 aromatic carbocycles. The SMILES string of the molecule is Cc1cc(C)c(-c2cccc(-c3c(C)cc(C)cc3C)[c]2[Sn](=[O])[OH])c(C)c1. The van der Waals surface area contributed by atoms with Gasteiger partial charge in [0.2, 0.25) is 0 Å². The van der Waals surface area contributed by atoms with Crippen LogP contribution in [0.25, 0.3) is 22.3 Å². The molecule has 0 unspecified atom stereocenters. The summed E-state index contributed by atoms with van der Waals surface area (Å²) in [5, 5.41) is 0. The molecule has 3 heteroatoms. The van der Waals surface area contributed by atoms with E-state index in [1.165, 1.54) is 11.1 Å². The molecule has 2 nitrogen and oxygen atoms in total. The molecule has 0 aliphatic carbocycles. The van der Waals surface area contributed by atoms with Crippen LogP contribution in [0.5, 0.6) is 0 Å². The third-order valence-electron chi connectivity index (χ3n) is 5.17. The predicted molar refractivity (Wildman–Crippen MR) is 114 cm³/mol. The fourth-order valence-corrected chi connectivity index (χ4v) is 6.91. The molecule has 0 saturated carbocycles. The average Bonchev–Trinajstić information content (AvgIpc) is 2.52. The van der Waals surface area contributed by atoms with Gasteiger partial charge in [-0.15, -0.1) is 0 Å². The van der Waals surface area contributed by atoms with Crippen LogP contribution in [0.3, 0.4) is 0 Å². The van der Waals surface area contributed by atoms with Crippen molar-refractivity contribution in [1.82, 2.24) is 0 Å². The molecule has 0 fully saturated rings. The van der Waals surface area contributed by atoms with E-state index < -0.39 is 20.2 Å². The maximum atomic E-state index is 12.6. The third kappa shape index (κ3) is 3.78. The second kappa shape index (κ2) is 7.68. The van der Waals surface area contributed by atoms with Crippen molar-refractivity contribution in [3.8, 4) is 22.3 Å². The molecule has 0 saturated heterocycles. The Morgan fingerprint density at radius 1 is 0.667 bits per heavy atom. The van der Waals surface area contributed by atoms with Gasteiger partial charge in [0.05, 0.1) is 0 Å². The van der Waals surface area contributed by atoms with Gasteiger partial charge in [-0.05, 0) is 0 Å². The van der Waals surface area contributed by atoms with Gasteiger partial charge in [-0.25, -0.2) is 0 Å². The molecule has 3 aromatic rings. The number of rotatable bonds is 3. The van der Waals surface area contributed by atoms with E-state index in [1.807, 2.05) is 18.2 Å². The standard InChI is InChI=1S/C24H25.H2O.O.Sn/c1-15-10-17(3)23(18(4)11-15)21-8-7-9-22(14-21)24-19(5)12-16(2)13-20(24)6;;;/h7-13H,1-6H3;1H2;;/q;;;+1/p-1. The summed E-state index contributed by atoms with van der Waals surface area (Å²) >= 11 is -3.93. The van der Waals surface area contributed by atoms with Crippen LogP contribution in [0.1, 0.15) is 33.4 Å². The predicted octanol–water partition coefficient (Wildman–Crippen LogP) is 4.99. The van der Waals surface area contributed by atoms with Crippen LogP contribution >= 0.6 is 0 Å². The molecule has 0 aromatic heterocycles. The van der Waals surface area contributed by atoms with Crippen LogP contribution in [0, 0.1) is 41.5 Å². The Bertz CT molecular complexity index is 942. The number of hydrogen-bond donors (Lipinski definition) is 1. The summed E-state index contributed by atoms with van der Waals surface area (Å²) in [4.78, 5) is 0. The number of aryl methyl sites for hydroxylation is 6. The van der Waals surface area contributed by atoms with Gasteiger partial charge in [-0.2, -0.15) is 0 Å².